The van der Waals surface area contributed by atoms with E-state index in [1.54, 1.807) is 19.1 Å². The zero-order valence-corrected chi connectivity index (χ0v) is 15.4. The van der Waals surface area contributed by atoms with Crippen molar-refractivity contribution < 1.29 is 23.4 Å². The number of esters is 1. The zero-order chi connectivity index (χ0) is 17.5. The smallest absolute Gasteiger partial charge is 0.310 e. The molecule has 8 heteroatoms. The molecular weight excluding hydrogens is 380 g/mol. The summed E-state index contributed by atoms with van der Waals surface area (Å²) < 4.78 is 22.2. The first kappa shape index (κ1) is 18.3. The number of benzene rings is 1. The predicted octanol–water partition coefficient (Wildman–Crippen LogP) is 3.22. The van der Waals surface area contributed by atoms with Gasteiger partial charge in [0.15, 0.2) is 18.1 Å². The van der Waals surface area contributed by atoms with Crippen molar-refractivity contribution in [1.29, 1.82) is 0 Å². The fourth-order valence-electron chi connectivity index (χ4n) is 1.99. The lowest BCUT2D eigenvalue weighted by Gasteiger charge is -2.14. The molecule has 0 saturated carbocycles. The highest BCUT2D eigenvalue weighted by atomic mass is 79.9. The van der Waals surface area contributed by atoms with Gasteiger partial charge in [0.25, 0.3) is 5.89 Å². The minimum atomic E-state index is -0.404. The molecule has 7 nitrogen and oxygen atoms in total. The Labute approximate surface area is 148 Å². The molecule has 0 bridgehead atoms. The Morgan fingerprint density at radius 3 is 2.42 bits per heavy atom. The van der Waals surface area contributed by atoms with Crippen molar-refractivity contribution in [2.75, 3.05) is 13.2 Å². The summed E-state index contributed by atoms with van der Waals surface area (Å²) in [5.41, 5.74) is 0.744. The molecule has 1 heterocycles. The third-order valence-corrected chi connectivity index (χ3v) is 3.71. The van der Waals surface area contributed by atoms with Crippen molar-refractivity contribution in [3.8, 4) is 11.5 Å². The van der Waals surface area contributed by atoms with Crippen LogP contribution in [-0.2, 0) is 22.6 Å². The van der Waals surface area contributed by atoms with Gasteiger partial charge in [-0.1, -0.05) is 15.9 Å². The van der Waals surface area contributed by atoms with Gasteiger partial charge in [0, 0.05) is 11.4 Å². The maximum absolute atomic E-state index is 12.0. The van der Waals surface area contributed by atoms with Crippen LogP contribution in [0, 0.1) is 6.92 Å². The Kier molecular flexibility index (Phi) is 6.60. The van der Waals surface area contributed by atoms with Gasteiger partial charge in [0.1, 0.15) is 0 Å². The van der Waals surface area contributed by atoms with Gasteiger partial charge in [-0.05, 0) is 31.5 Å². The molecule has 0 unspecified atom stereocenters. The Morgan fingerprint density at radius 1 is 1.17 bits per heavy atom. The molecule has 0 atom stereocenters. The molecule has 0 radical (unpaired) electrons. The molecule has 0 amide bonds. The molecule has 1 aromatic carbocycles. The Balaban J connectivity index is 2.04. The quantitative estimate of drug-likeness (QED) is 0.631. The summed E-state index contributed by atoms with van der Waals surface area (Å²) >= 11 is 3.45. The first-order valence-corrected chi connectivity index (χ1v) is 8.35. The van der Waals surface area contributed by atoms with Gasteiger partial charge < -0.3 is 18.6 Å². The zero-order valence-electron chi connectivity index (χ0n) is 13.8. The molecule has 2 aromatic rings. The van der Waals surface area contributed by atoms with E-state index >= 15 is 0 Å². The highest BCUT2D eigenvalue weighted by Gasteiger charge is 2.15. The summed E-state index contributed by atoms with van der Waals surface area (Å²) in [5.74, 6) is 1.51. The van der Waals surface area contributed by atoms with E-state index in [1.807, 2.05) is 13.8 Å². The van der Waals surface area contributed by atoms with Gasteiger partial charge in [0.2, 0.25) is 5.89 Å². The first-order valence-electron chi connectivity index (χ1n) is 7.56. The van der Waals surface area contributed by atoms with Crippen LogP contribution in [0.4, 0.5) is 0 Å². The molecule has 0 spiro atoms. The molecule has 24 heavy (non-hydrogen) atoms. The van der Waals surface area contributed by atoms with Gasteiger partial charge in [-0.25, -0.2) is 0 Å². The highest BCUT2D eigenvalue weighted by molar-refractivity contribution is 9.10. The average Bonchev–Trinajstić information content (AvgIpc) is 2.96. The fourth-order valence-corrected chi connectivity index (χ4v) is 2.46. The number of rotatable bonds is 8. The van der Waals surface area contributed by atoms with Crippen molar-refractivity contribution in [3.63, 3.8) is 0 Å². The summed E-state index contributed by atoms with van der Waals surface area (Å²) in [6, 6.07) is 3.56. The maximum Gasteiger partial charge on any atom is 0.310 e. The number of aromatic nitrogens is 2. The van der Waals surface area contributed by atoms with Gasteiger partial charge in [0.05, 0.1) is 19.6 Å². The lowest BCUT2D eigenvalue weighted by molar-refractivity contribution is -0.144. The van der Waals surface area contributed by atoms with E-state index in [9.17, 15) is 4.79 Å². The van der Waals surface area contributed by atoms with Crippen LogP contribution in [0.1, 0.15) is 31.2 Å². The number of carbonyl (C=O) groups is 1. The van der Waals surface area contributed by atoms with Gasteiger partial charge in [-0.2, -0.15) is 0 Å². The molecule has 0 aliphatic rings. The predicted molar refractivity (Wildman–Crippen MR) is 89.0 cm³/mol. The summed E-state index contributed by atoms with van der Waals surface area (Å²) in [5, 5.41) is 7.45. The van der Waals surface area contributed by atoms with Crippen LogP contribution in [0.25, 0.3) is 0 Å². The monoisotopic (exact) mass is 398 g/mol. The number of hydrogen-bond donors (Lipinski definition) is 0. The second-order valence-electron chi connectivity index (χ2n) is 4.81. The molecule has 0 aliphatic carbocycles. The van der Waals surface area contributed by atoms with E-state index in [0.29, 0.717) is 30.6 Å². The first-order chi connectivity index (χ1) is 11.5. The molecule has 1 aromatic heterocycles. The third kappa shape index (κ3) is 4.95. The van der Waals surface area contributed by atoms with E-state index in [1.165, 1.54) is 0 Å². The molecule has 0 saturated heterocycles. The second-order valence-corrected chi connectivity index (χ2v) is 5.66. The average molecular weight is 399 g/mol. The SMILES string of the molecule is CCOc1cc(Br)c(CC(=O)OCc2nnc(C)o2)cc1OCC. The standard InChI is InChI=1S/C16H19BrN2O5/c1-4-21-13-6-11(12(17)8-14(13)22-5-2)7-16(20)23-9-15-19-18-10(3)24-15/h6,8H,4-5,7,9H2,1-3H3. The number of ether oxygens (including phenoxy) is 3. The van der Waals surface area contributed by atoms with E-state index in [-0.39, 0.29) is 18.9 Å². The van der Waals surface area contributed by atoms with Crippen LogP contribution in [0.2, 0.25) is 0 Å². The lowest BCUT2D eigenvalue weighted by Crippen LogP contribution is -2.09. The number of carbonyl (C=O) groups excluding carboxylic acids is 1. The highest BCUT2D eigenvalue weighted by Crippen LogP contribution is 2.34. The molecule has 130 valence electrons. The van der Waals surface area contributed by atoms with Gasteiger partial charge >= 0.3 is 5.97 Å². The minimum Gasteiger partial charge on any atom is -0.490 e. The molecule has 0 aliphatic heterocycles. The summed E-state index contributed by atoms with van der Waals surface area (Å²) in [4.78, 5) is 12.0. The van der Waals surface area contributed by atoms with Crippen LogP contribution < -0.4 is 9.47 Å². The maximum atomic E-state index is 12.0. The Morgan fingerprint density at radius 2 is 1.83 bits per heavy atom. The van der Waals surface area contributed by atoms with Gasteiger partial charge in [-0.15, -0.1) is 10.2 Å². The Bertz CT molecular complexity index is 702. The normalized spacial score (nSPS) is 10.5. The van der Waals surface area contributed by atoms with Crippen molar-refractivity contribution in [2.45, 2.75) is 33.8 Å². The van der Waals surface area contributed by atoms with E-state index in [0.717, 1.165) is 10.0 Å². The molecule has 0 N–H and O–H groups in total. The van der Waals surface area contributed by atoms with Crippen molar-refractivity contribution >= 4 is 21.9 Å². The summed E-state index contributed by atoms with van der Waals surface area (Å²) in [6.07, 6.45) is 0.0835. The van der Waals surface area contributed by atoms with Crippen molar-refractivity contribution in [3.05, 3.63) is 34.0 Å². The molecule has 2 rings (SSSR count). The largest absolute Gasteiger partial charge is 0.490 e. The molecular formula is C16H19BrN2O5. The molecule has 0 fully saturated rings. The summed E-state index contributed by atoms with van der Waals surface area (Å²) in [6.45, 7) is 6.43. The van der Waals surface area contributed by atoms with E-state index in [4.69, 9.17) is 18.6 Å². The van der Waals surface area contributed by atoms with Crippen LogP contribution in [0.5, 0.6) is 11.5 Å². The van der Waals surface area contributed by atoms with Crippen molar-refractivity contribution in [1.82, 2.24) is 10.2 Å². The topological polar surface area (TPSA) is 83.7 Å². The number of nitrogens with zero attached hydrogens (tertiary/aromatic N) is 2. The fraction of sp³-hybridized carbons (Fsp3) is 0.438. The minimum absolute atomic E-state index is 0.0490. The van der Waals surface area contributed by atoms with Crippen LogP contribution in [0.3, 0.4) is 0 Å². The van der Waals surface area contributed by atoms with Crippen LogP contribution >= 0.6 is 15.9 Å². The Hall–Kier alpha value is -2.09. The van der Waals surface area contributed by atoms with Crippen molar-refractivity contribution in [2.24, 2.45) is 0 Å². The van der Waals surface area contributed by atoms with E-state index in [2.05, 4.69) is 26.1 Å². The van der Waals surface area contributed by atoms with E-state index < -0.39 is 5.97 Å². The van der Waals surface area contributed by atoms with Gasteiger partial charge in [-0.3, -0.25) is 4.79 Å². The third-order valence-electron chi connectivity index (χ3n) is 2.97. The second kappa shape index (κ2) is 8.68. The number of hydrogen-bond acceptors (Lipinski definition) is 7. The van der Waals surface area contributed by atoms with Crippen LogP contribution in [0.15, 0.2) is 21.0 Å². The lowest BCUT2D eigenvalue weighted by atomic mass is 10.1. The summed E-state index contributed by atoms with van der Waals surface area (Å²) in [7, 11) is 0. The number of halogens is 1. The van der Waals surface area contributed by atoms with Crippen LogP contribution in [-0.4, -0.2) is 29.4 Å². The number of aryl methyl sites for hydroxylation is 1.